The Morgan fingerprint density at radius 2 is 2.09 bits per heavy atom. The molecule has 0 aliphatic carbocycles. The number of benzene rings is 1. The van der Waals surface area contributed by atoms with E-state index in [1.807, 2.05) is 6.07 Å². The minimum Gasteiger partial charge on any atom is -0.496 e. The molecule has 0 fully saturated rings. The second kappa shape index (κ2) is 7.24. The first kappa shape index (κ1) is 15.5. The van der Waals surface area contributed by atoms with Crippen LogP contribution in [0.3, 0.4) is 0 Å². The first-order valence-electron chi connectivity index (χ1n) is 6.23. The summed E-state index contributed by atoms with van der Waals surface area (Å²) in [5.41, 5.74) is 0.612. The maximum absolute atomic E-state index is 11.9. The van der Waals surface area contributed by atoms with Crippen molar-refractivity contribution in [2.75, 3.05) is 19.0 Å². The third-order valence-corrected chi connectivity index (χ3v) is 3.53. The van der Waals surface area contributed by atoms with Gasteiger partial charge in [-0.3, -0.25) is 4.79 Å². The van der Waals surface area contributed by atoms with Gasteiger partial charge in [0.25, 0.3) is 5.91 Å². The number of esters is 1. The van der Waals surface area contributed by atoms with Crippen molar-refractivity contribution < 1.29 is 19.1 Å². The standard InChI is InChI=1S/C15H12N2O4S/c1-20-12-5-3-2-4-11(12)15(19)21-9-13(18)17-14-10(8-16)6-7-22-14/h2-7H,9H2,1H3,(H,17,18). The molecule has 112 valence electrons. The van der Waals surface area contributed by atoms with Gasteiger partial charge in [0.05, 0.1) is 12.7 Å². The summed E-state index contributed by atoms with van der Waals surface area (Å²) in [7, 11) is 1.44. The zero-order valence-electron chi connectivity index (χ0n) is 11.7. The molecule has 0 aliphatic heterocycles. The van der Waals surface area contributed by atoms with Crippen LogP contribution in [0.15, 0.2) is 35.7 Å². The maximum Gasteiger partial charge on any atom is 0.342 e. The smallest absolute Gasteiger partial charge is 0.342 e. The molecule has 0 aliphatic rings. The number of nitriles is 1. The lowest BCUT2D eigenvalue weighted by Gasteiger charge is -2.08. The molecule has 0 saturated heterocycles. The fourth-order valence-corrected chi connectivity index (χ4v) is 2.43. The van der Waals surface area contributed by atoms with Gasteiger partial charge < -0.3 is 14.8 Å². The summed E-state index contributed by atoms with van der Waals surface area (Å²) in [6.07, 6.45) is 0. The SMILES string of the molecule is COc1ccccc1C(=O)OCC(=O)Nc1sccc1C#N. The number of carbonyl (C=O) groups excluding carboxylic acids is 2. The molecule has 0 unspecified atom stereocenters. The highest BCUT2D eigenvalue weighted by Gasteiger charge is 2.15. The summed E-state index contributed by atoms with van der Waals surface area (Å²) in [4.78, 5) is 23.7. The van der Waals surface area contributed by atoms with Crippen molar-refractivity contribution in [2.24, 2.45) is 0 Å². The van der Waals surface area contributed by atoms with Crippen molar-refractivity contribution in [3.63, 3.8) is 0 Å². The third-order valence-electron chi connectivity index (χ3n) is 2.70. The van der Waals surface area contributed by atoms with E-state index in [0.717, 1.165) is 0 Å². The maximum atomic E-state index is 11.9. The van der Waals surface area contributed by atoms with E-state index in [-0.39, 0.29) is 5.56 Å². The van der Waals surface area contributed by atoms with Gasteiger partial charge in [-0.15, -0.1) is 11.3 Å². The van der Waals surface area contributed by atoms with E-state index in [4.69, 9.17) is 14.7 Å². The van der Waals surface area contributed by atoms with Gasteiger partial charge in [-0.2, -0.15) is 5.26 Å². The van der Waals surface area contributed by atoms with Gasteiger partial charge in [-0.25, -0.2) is 4.79 Å². The summed E-state index contributed by atoms with van der Waals surface area (Å²) >= 11 is 1.22. The summed E-state index contributed by atoms with van der Waals surface area (Å²) in [5.74, 6) is -0.792. The van der Waals surface area contributed by atoms with Crippen LogP contribution in [0.5, 0.6) is 5.75 Å². The predicted molar refractivity (Wildman–Crippen MR) is 80.9 cm³/mol. The highest BCUT2D eigenvalue weighted by Crippen LogP contribution is 2.22. The average molecular weight is 316 g/mol. The molecule has 0 atom stereocenters. The summed E-state index contributed by atoms with van der Waals surface area (Å²) in [5, 5.41) is 13.5. The van der Waals surface area contributed by atoms with Crippen LogP contribution in [0.4, 0.5) is 5.00 Å². The molecule has 2 aromatic rings. The fraction of sp³-hybridized carbons (Fsp3) is 0.133. The van der Waals surface area contributed by atoms with Crippen molar-refractivity contribution in [1.82, 2.24) is 0 Å². The van der Waals surface area contributed by atoms with Crippen LogP contribution in [-0.2, 0) is 9.53 Å². The quantitative estimate of drug-likeness (QED) is 0.856. The topological polar surface area (TPSA) is 88.4 Å². The molecule has 0 radical (unpaired) electrons. The highest BCUT2D eigenvalue weighted by molar-refractivity contribution is 7.14. The minimum absolute atomic E-state index is 0.242. The van der Waals surface area contributed by atoms with Crippen molar-refractivity contribution in [3.8, 4) is 11.8 Å². The Labute approximate surface area is 130 Å². The number of ether oxygens (including phenoxy) is 2. The Balaban J connectivity index is 1.94. The molecule has 1 amide bonds. The number of para-hydroxylation sites is 1. The van der Waals surface area contributed by atoms with Gasteiger partial charge >= 0.3 is 5.97 Å². The second-order valence-corrected chi connectivity index (χ2v) is 5.02. The molecular formula is C15H12N2O4S. The summed E-state index contributed by atoms with van der Waals surface area (Å²) in [6, 6.07) is 10.1. The van der Waals surface area contributed by atoms with Gasteiger partial charge in [-0.1, -0.05) is 12.1 Å². The van der Waals surface area contributed by atoms with Crippen LogP contribution in [-0.4, -0.2) is 25.6 Å². The highest BCUT2D eigenvalue weighted by atomic mass is 32.1. The van der Waals surface area contributed by atoms with E-state index < -0.39 is 18.5 Å². The van der Waals surface area contributed by atoms with Crippen LogP contribution in [0, 0.1) is 11.3 Å². The minimum atomic E-state index is -0.653. The van der Waals surface area contributed by atoms with E-state index in [1.54, 1.807) is 35.7 Å². The Morgan fingerprint density at radius 3 is 2.82 bits per heavy atom. The van der Waals surface area contributed by atoms with E-state index >= 15 is 0 Å². The average Bonchev–Trinajstić information content (AvgIpc) is 2.99. The molecule has 7 heteroatoms. The molecule has 0 spiro atoms. The van der Waals surface area contributed by atoms with Crippen molar-refractivity contribution in [2.45, 2.75) is 0 Å². The number of carbonyl (C=O) groups is 2. The first-order valence-corrected chi connectivity index (χ1v) is 7.11. The van der Waals surface area contributed by atoms with E-state index in [0.29, 0.717) is 16.3 Å². The monoisotopic (exact) mass is 316 g/mol. The Kier molecular flexibility index (Phi) is 5.11. The lowest BCUT2D eigenvalue weighted by atomic mass is 10.2. The van der Waals surface area contributed by atoms with Crippen molar-refractivity contribution in [1.29, 1.82) is 5.26 Å². The van der Waals surface area contributed by atoms with Crippen LogP contribution < -0.4 is 10.1 Å². The van der Waals surface area contributed by atoms with Gasteiger partial charge in [0.2, 0.25) is 0 Å². The molecule has 0 saturated carbocycles. The van der Waals surface area contributed by atoms with Crippen LogP contribution >= 0.6 is 11.3 Å². The number of thiophene rings is 1. The second-order valence-electron chi connectivity index (χ2n) is 4.10. The Hall–Kier alpha value is -2.85. The number of nitrogens with zero attached hydrogens (tertiary/aromatic N) is 1. The van der Waals surface area contributed by atoms with Crippen LogP contribution in [0.25, 0.3) is 0 Å². The van der Waals surface area contributed by atoms with Gasteiger partial charge in [0, 0.05) is 0 Å². The first-order chi connectivity index (χ1) is 10.7. The van der Waals surface area contributed by atoms with Crippen LogP contribution in [0.1, 0.15) is 15.9 Å². The molecule has 2 rings (SSSR count). The Morgan fingerprint density at radius 1 is 1.32 bits per heavy atom. The molecule has 1 heterocycles. The van der Waals surface area contributed by atoms with Gasteiger partial charge in [0.1, 0.15) is 22.4 Å². The number of hydrogen-bond acceptors (Lipinski definition) is 6. The van der Waals surface area contributed by atoms with Crippen LogP contribution in [0.2, 0.25) is 0 Å². The normalized spacial score (nSPS) is 9.64. The van der Waals surface area contributed by atoms with Gasteiger partial charge in [-0.05, 0) is 23.6 Å². The molecule has 22 heavy (non-hydrogen) atoms. The predicted octanol–water partition coefficient (Wildman–Crippen LogP) is 2.42. The largest absolute Gasteiger partial charge is 0.496 e. The van der Waals surface area contributed by atoms with Gasteiger partial charge in [0.15, 0.2) is 6.61 Å². The van der Waals surface area contributed by atoms with Crippen molar-refractivity contribution in [3.05, 3.63) is 46.8 Å². The molecule has 1 aromatic heterocycles. The number of nitrogens with one attached hydrogen (secondary N) is 1. The fourth-order valence-electron chi connectivity index (χ4n) is 1.68. The van der Waals surface area contributed by atoms with E-state index in [1.165, 1.54) is 18.4 Å². The lowest BCUT2D eigenvalue weighted by molar-refractivity contribution is -0.119. The summed E-state index contributed by atoms with van der Waals surface area (Å²) in [6.45, 7) is -0.445. The zero-order chi connectivity index (χ0) is 15.9. The van der Waals surface area contributed by atoms with E-state index in [9.17, 15) is 9.59 Å². The number of methoxy groups -OCH3 is 1. The van der Waals surface area contributed by atoms with Crippen molar-refractivity contribution >= 4 is 28.2 Å². The number of amides is 1. The molecule has 6 nitrogen and oxygen atoms in total. The molecule has 1 N–H and O–H groups in total. The number of rotatable bonds is 5. The van der Waals surface area contributed by atoms with E-state index in [2.05, 4.69) is 5.32 Å². The lowest BCUT2D eigenvalue weighted by Crippen LogP contribution is -2.21. The Bertz CT molecular complexity index is 733. The zero-order valence-corrected chi connectivity index (χ0v) is 12.5. The molecular weight excluding hydrogens is 304 g/mol. The summed E-state index contributed by atoms with van der Waals surface area (Å²) < 4.78 is 10.00. The number of hydrogen-bond donors (Lipinski definition) is 1. The third kappa shape index (κ3) is 3.62. The molecule has 0 bridgehead atoms. The molecule has 1 aromatic carbocycles. The number of anilines is 1.